The first-order chi connectivity index (χ1) is 8.24. The maximum absolute atomic E-state index is 4.54. The van der Waals surface area contributed by atoms with E-state index in [-0.39, 0.29) is 0 Å². The number of rotatable bonds is 6. The molecule has 1 N–H and O–H groups in total. The van der Waals surface area contributed by atoms with Gasteiger partial charge in [-0.25, -0.2) is 4.98 Å². The van der Waals surface area contributed by atoms with Gasteiger partial charge in [-0.1, -0.05) is 0 Å². The summed E-state index contributed by atoms with van der Waals surface area (Å²) in [5.41, 5.74) is 0. The third kappa shape index (κ3) is 2.77. The quantitative estimate of drug-likeness (QED) is 0.843. The van der Waals surface area contributed by atoms with Gasteiger partial charge in [0, 0.05) is 36.1 Å². The van der Waals surface area contributed by atoms with Crippen LogP contribution in [0.3, 0.4) is 0 Å². The van der Waals surface area contributed by atoms with Crippen LogP contribution in [0.25, 0.3) is 0 Å². The van der Waals surface area contributed by atoms with E-state index in [0.29, 0.717) is 12.0 Å². The van der Waals surface area contributed by atoms with Gasteiger partial charge in [0.05, 0.1) is 0 Å². The van der Waals surface area contributed by atoms with Crippen molar-refractivity contribution >= 4 is 16.7 Å². The molecule has 0 spiro atoms. The lowest BCUT2D eigenvalue weighted by atomic mass is 10.3. The molecule has 1 aromatic heterocycles. The summed E-state index contributed by atoms with van der Waals surface area (Å²) in [6.45, 7) is 3.24. The largest absolute Gasteiger partial charge is 0.359 e. The maximum Gasteiger partial charge on any atom is 0.202 e. The van der Waals surface area contributed by atoms with E-state index in [1.54, 1.807) is 0 Å². The average Bonchev–Trinajstić information content (AvgIpc) is 3.23. The monoisotopic (exact) mass is 252 g/mol. The highest BCUT2D eigenvalue weighted by Gasteiger charge is 2.29. The number of hydrogen-bond donors (Lipinski definition) is 1. The zero-order chi connectivity index (χ0) is 11.8. The molecule has 2 saturated carbocycles. The van der Waals surface area contributed by atoms with Crippen molar-refractivity contribution in [3.8, 4) is 0 Å². The molecule has 0 bridgehead atoms. The van der Waals surface area contributed by atoms with Gasteiger partial charge in [-0.2, -0.15) is 4.37 Å². The fraction of sp³-hybridized carbons (Fsp3) is 0.833. The molecule has 2 aliphatic rings. The van der Waals surface area contributed by atoms with Crippen molar-refractivity contribution in [1.82, 2.24) is 14.3 Å². The molecule has 0 amide bonds. The van der Waals surface area contributed by atoms with Crippen LogP contribution in [-0.2, 0) is 0 Å². The fourth-order valence-corrected chi connectivity index (χ4v) is 2.69. The van der Waals surface area contributed by atoms with Gasteiger partial charge in [-0.15, -0.1) is 0 Å². The Morgan fingerprint density at radius 3 is 2.82 bits per heavy atom. The van der Waals surface area contributed by atoms with Gasteiger partial charge in [0.25, 0.3) is 0 Å². The second-order valence-corrected chi connectivity index (χ2v) is 6.11. The number of nitrogens with zero attached hydrogens (tertiary/aromatic N) is 3. The lowest BCUT2D eigenvalue weighted by Crippen LogP contribution is -2.36. The SMILES string of the molecule is CC(CNc1nc(C2CC2)ns1)N(C)C1CC1. The summed E-state index contributed by atoms with van der Waals surface area (Å²) in [7, 11) is 2.22. The highest BCUT2D eigenvalue weighted by Crippen LogP contribution is 2.39. The summed E-state index contributed by atoms with van der Waals surface area (Å²) in [5, 5.41) is 4.40. The Kier molecular flexibility index (Phi) is 3.04. The molecule has 17 heavy (non-hydrogen) atoms. The first-order valence-electron chi connectivity index (χ1n) is 6.53. The molecule has 2 aliphatic carbocycles. The van der Waals surface area contributed by atoms with Gasteiger partial charge < -0.3 is 5.32 Å². The first kappa shape index (κ1) is 11.4. The van der Waals surface area contributed by atoms with Crippen LogP contribution in [0.15, 0.2) is 0 Å². The van der Waals surface area contributed by atoms with Crippen molar-refractivity contribution < 1.29 is 0 Å². The van der Waals surface area contributed by atoms with Crippen LogP contribution in [0.1, 0.15) is 44.3 Å². The van der Waals surface area contributed by atoms with E-state index in [2.05, 4.69) is 33.5 Å². The second kappa shape index (κ2) is 4.53. The number of anilines is 1. The zero-order valence-corrected chi connectivity index (χ0v) is 11.3. The van der Waals surface area contributed by atoms with Crippen molar-refractivity contribution in [3.63, 3.8) is 0 Å². The van der Waals surface area contributed by atoms with Crippen molar-refractivity contribution in [2.45, 2.75) is 50.6 Å². The molecule has 1 heterocycles. The van der Waals surface area contributed by atoms with Gasteiger partial charge in [0.1, 0.15) is 5.82 Å². The van der Waals surface area contributed by atoms with Crippen LogP contribution in [0.2, 0.25) is 0 Å². The zero-order valence-electron chi connectivity index (χ0n) is 10.5. The summed E-state index contributed by atoms with van der Waals surface area (Å²) in [6.07, 6.45) is 5.28. The summed E-state index contributed by atoms with van der Waals surface area (Å²) in [5.74, 6) is 1.72. The number of nitrogens with one attached hydrogen (secondary N) is 1. The molecule has 2 fully saturated rings. The third-order valence-electron chi connectivity index (χ3n) is 3.75. The molecule has 1 atom stereocenters. The lowest BCUT2D eigenvalue weighted by molar-refractivity contribution is 0.257. The van der Waals surface area contributed by atoms with Crippen LogP contribution in [0.4, 0.5) is 5.13 Å². The van der Waals surface area contributed by atoms with Gasteiger partial charge in [-0.3, -0.25) is 4.90 Å². The molecule has 0 saturated heterocycles. The van der Waals surface area contributed by atoms with Gasteiger partial charge in [0.15, 0.2) is 0 Å². The topological polar surface area (TPSA) is 41.1 Å². The summed E-state index contributed by atoms with van der Waals surface area (Å²) in [4.78, 5) is 7.01. The summed E-state index contributed by atoms with van der Waals surface area (Å²) < 4.78 is 4.40. The van der Waals surface area contributed by atoms with E-state index in [0.717, 1.165) is 23.5 Å². The molecule has 0 radical (unpaired) electrons. The molecule has 3 rings (SSSR count). The molecule has 0 aromatic carbocycles. The first-order valence-corrected chi connectivity index (χ1v) is 7.31. The Morgan fingerprint density at radius 1 is 1.41 bits per heavy atom. The molecular formula is C12H20N4S. The highest BCUT2D eigenvalue weighted by atomic mass is 32.1. The van der Waals surface area contributed by atoms with Gasteiger partial charge in [-0.05, 0) is 39.7 Å². The summed E-state index contributed by atoms with van der Waals surface area (Å²) >= 11 is 1.50. The number of hydrogen-bond acceptors (Lipinski definition) is 5. The van der Waals surface area contributed by atoms with Gasteiger partial charge >= 0.3 is 0 Å². The van der Waals surface area contributed by atoms with E-state index in [4.69, 9.17) is 0 Å². The fourth-order valence-electron chi connectivity index (χ4n) is 2.03. The Labute approximate surface area is 107 Å². The van der Waals surface area contributed by atoms with E-state index < -0.39 is 0 Å². The molecule has 94 valence electrons. The predicted molar refractivity (Wildman–Crippen MR) is 70.6 cm³/mol. The normalized spacial score (nSPS) is 21.8. The molecule has 1 aromatic rings. The molecule has 5 heteroatoms. The second-order valence-electron chi connectivity index (χ2n) is 5.36. The average molecular weight is 252 g/mol. The van der Waals surface area contributed by atoms with E-state index in [1.165, 1.54) is 37.2 Å². The molecular weight excluding hydrogens is 232 g/mol. The Bertz CT molecular complexity index is 384. The predicted octanol–water partition coefficient (Wildman–Crippen LogP) is 2.31. The van der Waals surface area contributed by atoms with E-state index >= 15 is 0 Å². The van der Waals surface area contributed by atoms with Crippen LogP contribution >= 0.6 is 11.5 Å². The van der Waals surface area contributed by atoms with Crippen molar-refractivity contribution in [2.24, 2.45) is 0 Å². The van der Waals surface area contributed by atoms with Crippen molar-refractivity contribution in [2.75, 3.05) is 18.9 Å². The maximum atomic E-state index is 4.54. The molecule has 4 nitrogen and oxygen atoms in total. The van der Waals surface area contributed by atoms with Crippen molar-refractivity contribution in [3.05, 3.63) is 5.82 Å². The summed E-state index contributed by atoms with van der Waals surface area (Å²) in [6, 6.07) is 1.39. The van der Waals surface area contributed by atoms with Gasteiger partial charge in [0.2, 0.25) is 5.13 Å². The Hall–Kier alpha value is -0.680. The third-order valence-corrected chi connectivity index (χ3v) is 4.44. The minimum atomic E-state index is 0.566. The number of likely N-dealkylation sites (N-methyl/N-ethyl adjacent to an activating group) is 1. The number of aromatic nitrogens is 2. The minimum absolute atomic E-state index is 0.566. The van der Waals surface area contributed by atoms with Crippen LogP contribution in [-0.4, -0.2) is 39.9 Å². The van der Waals surface area contributed by atoms with Crippen molar-refractivity contribution in [1.29, 1.82) is 0 Å². The molecule has 0 aliphatic heterocycles. The molecule has 1 unspecified atom stereocenters. The van der Waals surface area contributed by atoms with E-state index in [1.807, 2.05) is 0 Å². The van der Waals surface area contributed by atoms with Crippen LogP contribution in [0, 0.1) is 0 Å². The lowest BCUT2D eigenvalue weighted by Gasteiger charge is -2.24. The van der Waals surface area contributed by atoms with E-state index in [9.17, 15) is 0 Å². The minimum Gasteiger partial charge on any atom is -0.359 e. The highest BCUT2D eigenvalue weighted by molar-refractivity contribution is 7.09. The Balaban J connectivity index is 1.48. The van der Waals surface area contributed by atoms with Crippen LogP contribution in [0.5, 0.6) is 0 Å². The standard InChI is InChI=1S/C12H20N4S/c1-8(16(2)10-5-6-10)7-13-12-14-11(15-17-12)9-3-4-9/h8-10H,3-7H2,1-2H3,(H,13,14,15). The van der Waals surface area contributed by atoms with Crippen LogP contribution < -0.4 is 5.32 Å². The Morgan fingerprint density at radius 2 is 2.18 bits per heavy atom. The smallest absolute Gasteiger partial charge is 0.202 e.